The Hall–Kier alpha value is -1.50. The summed E-state index contributed by atoms with van der Waals surface area (Å²) in [6.07, 6.45) is 10.9. The van der Waals surface area contributed by atoms with E-state index in [2.05, 4.69) is 5.32 Å². The second kappa shape index (κ2) is 17.0. The molecule has 7 N–H and O–H groups in total. The van der Waals surface area contributed by atoms with Crippen LogP contribution in [0.2, 0.25) is 0 Å². The molecular weight excluding hydrogens is 433 g/mol. The number of hydrogen-bond donors (Lipinski definition) is 4. The standard InChI is InChI=1S/C12H20FN3O3.C9H17NO.CH4O.H3N/c1-15-6-2-3-10(15)19-16(13)9(7-8-4-5-8)11(17)12(14)18;1-10-9(7-11)8-5-3-2-4-6-8;1-2;/h8-10H,2-7H2,1H3,(H2,14,18);7-10H,2-6H2,1H3;2H,1H3;1H3. The van der Waals surface area contributed by atoms with Crippen LogP contribution in [-0.2, 0) is 19.2 Å². The Morgan fingerprint density at radius 2 is 1.79 bits per heavy atom. The maximum Gasteiger partial charge on any atom is 0.286 e. The quantitative estimate of drug-likeness (QED) is 0.158. The van der Waals surface area contributed by atoms with Crippen molar-refractivity contribution < 1.29 is 28.8 Å². The number of halogens is 1. The van der Waals surface area contributed by atoms with Gasteiger partial charge in [-0.3, -0.25) is 19.3 Å². The number of nitrogens with zero attached hydrogens (tertiary/aromatic N) is 2. The van der Waals surface area contributed by atoms with E-state index in [4.69, 9.17) is 15.7 Å². The number of amides is 1. The molecule has 1 aliphatic heterocycles. The SMILES string of the molecule is CN1CCCC1ON(F)C(CC1CC1)C(=O)C(N)=O.CNC(C=O)C1CCCCC1.CO.N. The van der Waals surface area contributed by atoms with Crippen LogP contribution in [-0.4, -0.2) is 79.3 Å². The molecule has 0 bridgehead atoms. The monoisotopic (exact) mass is 477 g/mol. The zero-order valence-corrected chi connectivity index (χ0v) is 20.4. The highest BCUT2D eigenvalue weighted by molar-refractivity contribution is 6.37. The second-order valence-corrected chi connectivity index (χ2v) is 8.73. The zero-order valence-electron chi connectivity index (χ0n) is 20.4. The molecule has 1 amide bonds. The fraction of sp³-hybridized carbons (Fsp3) is 0.864. The van der Waals surface area contributed by atoms with Crippen molar-refractivity contribution >= 4 is 18.0 Å². The molecular formula is C22H44FN5O5. The number of ketones is 1. The van der Waals surface area contributed by atoms with E-state index in [1.54, 1.807) is 0 Å². The molecule has 10 nitrogen and oxygen atoms in total. The summed E-state index contributed by atoms with van der Waals surface area (Å²) >= 11 is 0. The highest BCUT2D eigenvalue weighted by atomic mass is 19.2. The van der Waals surface area contributed by atoms with E-state index in [1.165, 1.54) is 32.1 Å². The van der Waals surface area contributed by atoms with Crippen LogP contribution in [0.25, 0.3) is 0 Å². The molecule has 0 aromatic carbocycles. The van der Waals surface area contributed by atoms with E-state index < -0.39 is 17.7 Å². The first-order valence-electron chi connectivity index (χ1n) is 11.6. The average molecular weight is 478 g/mol. The van der Waals surface area contributed by atoms with Gasteiger partial charge in [0.2, 0.25) is 5.78 Å². The molecule has 3 rings (SSSR count). The number of Topliss-reactive ketones (excluding diaryl/α,β-unsaturated/α-hetero) is 1. The molecule has 11 heteroatoms. The predicted molar refractivity (Wildman–Crippen MR) is 124 cm³/mol. The van der Waals surface area contributed by atoms with E-state index in [1.807, 2.05) is 19.0 Å². The number of likely N-dealkylation sites (N-methyl/N-ethyl adjacent to an activating group) is 1. The van der Waals surface area contributed by atoms with E-state index in [0.717, 1.165) is 39.2 Å². The molecule has 3 atom stereocenters. The van der Waals surface area contributed by atoms with Crippen molar-refractivity contribution in [1.82, 2.24) is 21.7 Å². The number of carbonyl (C=O) groups excluding carboxylic acids is 3. The zero-order chi connectivity index (χ0) is 24.1. The van der Waals surface area contributed by atoms with Gasteiger partial charge >= 0.3 is 0 Å². The fourth-order valence-electron chi connectivity index (χ4n) is 4.23. The number of rotatable bonds is 10. The van der Waals surface area contributed by atoms with E-state index in [0.29, 0.717) is 12.3 Å². The van der Waals surface area contributed by atoms with Crippen LogP contribution in [0.1, 0.15) is 64.2 Å². The van der Waals surface area contributed by atoms with Gasteiger partial charge in [0.15, 0.2) is 0 Å². The van der Waals surface area contributed by atoms with Crippen LogP contribution in [0.15, 0.2) is 0 Å². The lowest BCUT2D eigenvalue weighted by atomic mass is 9.84. The first-order valence-corrected chi connectivity index (χ1v) is 11.6. The van der Waals surface area contributed by atoms with Gasteiger partial charge in [0.05, 0.1) is 6.04 Å². The second-order valence-electron chi connectivity index (χ2n) is 8.73. The van der Waals surface area contributed by atoms with Crippen molar-refractivity contribution in [3.63, 3.8) is 0 Å². The largest absolute Gasteiger partial charge is 0.400 e. The molecule has 3 unspecified atom stereocenters. The number of likely N-dealkylation sites (tertiary alicyclic amines) is 1. The molecule has 3 aliphatic rings. The predicted octanol–water partition coefficient (Wildman–Crippen LogP) is 1.50. The van der Waals surface area contributed by atoms with E-state index >= 15 is 0 Å². The third kappa shape index (κ3) is 11.0. The van der Waals surface area contributed by atoms with Crippen LogP contribution in [0, 0.1) is 11.8 Å². The molecule has 3 fully saturated rings. The van der Waals surface area contributed by atoms with Gasteiger partial charge in [0.1, 0.15) is 18.6 Å². The number of aliphatic hydroxyl groups excluding tert-OH is 1. The Morgan fingerprint density at radius 1 is 1.18 bits per heavy atom. The minimum Gasteiger partial charge on any atom is -0.400 e. The lowest BCUT2D eigenvalue weighted by Crippen LogP contribution is -2.45. The topological polar surface area (TPSA) is 160 Å². The third-order valence-electron chi connectivity index (χ3n) is 6.36. The smallest absolute Gasteiger partial charge is 0.286 e. The minimum absolute atomic E-state index is 0. The lowest BCUT2D eigenvalue weighted by Gasteiger charge is -2.26. The summed E-state index contributed by atoms with van der Waals surface area (Å²) in [4.78, 5) is 40.2. The summed E-state index contributed by atoms with van der Waals surface area (Å²) in [7, 11) is 4.70. The average Bonchev–Trinajstić information content (AvgIpc) is 3.55. The van der Waals surface area contributed by atoms with Crippen LogP contribution in [0.4, 0.5) is 4.48 Å². The summed E-state index contributed by atoms with van der Waals surface area (Å²) in [6, 6.07) is -1.10. The van der Waals surface area contributed by atoms with Crippen molar-refractivity contribution in [3.05, 3.63) is 0 Å². The van der Waals surface area contributed by atoms with Crippen LogP contribution in [0.3, 0.4) is 0 Å². The summed E-state index contributed by atoms with van der Waals surface area (Å²) < 4.78 is 14.0. The maximum absolute atomic E-state index is 14.0. The Labute approximate surface area is 196 Å². The van der Waals surface area contributed by atoms with Crippen LogP contribution < -0.4 is 17.2 Å². The number of aldehydes is 1. The molecule has 2 saturated carbocycles. The molecule has 194 valence electrons. The minimum atomic E-state index is -1.21. The molecule has 2 aliphatic carbocycles. The number of hydrogen-bond acceptors (Lipinski definition) is 9. The summed E-state index contributed by atoms with van der Waals surface area (Å²) in [5, 5.41) is 10.1. The molecule has 33 heavy (non-hydrogen) atoms. The highest BCUT2D eigenvalue weighted by Gasteiger charge is 2.38. The normalized spacial score (nSPS) is 22.7. The van der Waals surface area contributed by atoms with Gasteiger partial charge in [-0.25, -0.2) is 0 Å². The van der Waals surface area contributed by atoms with Gasteiger partial charge < -0.3 is 27.1 Å². The van der Waals surface area contributed by atoms with E-state index in [9.17, 15) is 18.9 Å². The summed E-state index contributed by atoms with van der Waals surface area (Å²) in [5.74, 6) is -1.14. The third-order valence-corrected chi connectivity index (χ3v) is 6.36. The van der Waals surface area contributed by atoms with Gasteiger partial charge in [-0.15, -0.1) is 4.48 Å². The molecule has 0 spiro atoms. The van der Waals surface area contributed by atoms with Crippen LogP contribution >= 0.6 is 0 Å². The summed E-state index contributed by atoms with van der Waals surface area (Å²) in [6.45, 7) is 0.829. The van der Waals surface area contributed by atoms with Gasteiger partial charge in [-0.1, -0.05) is 32.1 Å². The summed E-state index contributed by atoms with van der Waals surface area (Å²) in [5.41, 5.74) is 4.96. The van der Waals surface area contributed by atoms with Crippen molar-refractivity contribution in [1.29, 1.82) is 0 Å². The van der Waals surface area contributed by atoms with Crippen molar-refractivity contribution in [3.8, 4) is 0 Å². The molecule has 1 saturated heterocycles. The van der Waals surface area contributed by atoms with Crippen molar-refractivity contribution in [2.24, 2.45) is 17.6 Å². The van der Waals surface area contributed by atoms with E-state index in [-0.39, 0.29) is 36.0 Å². The maximum atomic E-state index is 14.0. The Bertz CT molecular complexity index is 575. The molecule has 0 aromatic heterocycles. The first kappa shape index (κ1) is 31.5. The fourth-order valence-corrected chi connectivity index (χ4v) is 4.23. The number of nitrogens with two attached hydrogens (primary N) is 1. The van der Waals surface area contributed by atoms with Crippen molar-refractivity contribution in [2.45, 2.75) is 82.5 Å². The van der Waals surface area contributed by atoms with Gasteiger partial charge in [0.25, 0.3) is 5.91 Å². The Balaban J connectivity index is 0.000000627. The lowest BCUT2D eigenvalue weighted by molar-refractivity contribution is -0.338. The number of nitrogens with one attached hydrogen (secondary N) is 1. The highest BCUT2D eigenvalue weighted by Crippen LogP contribution is 2.35. The van der Waals surface area contributed by atoms with Gasteiger partial charge in [-0.2, -0.15) is 0 Å². The molecule has 0 aromatic rings. The first-order chi connectivity index (χ1) is 15.4. The molecule has 1 heterocycles. The van der Waals surface area contributed by atoms with Gasteiger partial charge in [-0.05, 0) is 63.3 Å². The Morgan fingerprint density at radius 3 is 2.21 bits per heavy atom. The number of aliphatic hydroxyl groups is 1. The molecule has 0 radical (unpaired) electrons. The number of carbonyl (C=O) groups is 3. The van der Waals surface area contributed by atoms with Crippen molar-refractivity contribution in [2.75, 3.05) is 27.7 Å². The number of primary amides is 1. The number of hydroxylamine groups is 1. The Kier molecular flexibility index (Phi) is 16.2. The van der Waals surface area contributed by atoms with Gasteiger partial charge in [0, 0.05) is 13.7 Å². The van der Waals surface area contributed by atoms with Crippen LogP contribution in [0.5, 0.6) is 0 Å².